The maximum atomic E-state index is 13.9. The lowest BCUT2D eigenvalue weighted by molar-refractivity contribution is -0.122. The summed E-state index contributed by atoms with van der Waals surface area (Å²) in [5.41, 5.74) is 1.03. The highest BCUT2D eigenvalue weighted by molar-refractivity contribution is 6.31. The Balaban J connectivity index is 1.46. The fourth-order valence-corrected chi connectivity index (χ4v) is 3.17. The zero-order chi connectivity index (χ0) is 19.2. The highest BCUT2D eigenvalue weighted by Crippen LogP contribution is 2.17. The first kappa shape index (κ1) is 19.3. The summed E-state index contributed by atoms with van der Waals surface area (Å²) >= 11 is 5.86. The molecule has 0 saturated carbocycles. The Hall–Kier alpha value is -2.44. The van der Waals surface area contributed by atoms with Crippen molar-refractivity contribution in [1.29, 1.82) is 0 Å². The largest absolute Gasteiger partial charge is 0.351 e. The van der Waals surface area contributed by atoms with Gasteiger partial charge in [-0.25, -0.2) is 4.39 Å². The number of piperazine rings is 1. The number of amides is 2. The van der Waals surface area contributed by atoms with Crippen molar-refractivity contribution >= 4 is 23.4 Å². The molecule has 1 saturated heterocycles. The number of rotatable bonds is 5. The van der Waals surface area contributed by atoms with Crippen LogP contribution in [-0.4, -0.2) is 54.3 Å². The second-order valence-corrected chi connectivity index (χ2v) is 6.89. The molecule has 0 radical (unpaired) electrons. The van der Waals surface area contributed by atoms with E-state index in [9.17, 15) is 14.0 Å². The topological polar surface area (TPSA) is 52.7 Å². The van der Waals surface area contributed by atoms with E-state index < -0.39 is 5.82 Å². The van der Waals surface area contributed by atoms with Gasteiger partial charge in [0.2, 0.25) is 5.91 Å². The van der Waals surface area contributed by atoms with Crippen LogP contribution >= 0.6 is 11.6 Å². The van der Waals surface area contributed by atoms with Crippen LogP contribution in [0.15, 0.2) is 48.5 Å². The molecule has 5 nitrogen and oxygen atoms in total. The molecule has 0 spiro atoms. The van der Waals surface area contributed by atoms with Crippen LogP contribution in [0.25, 0.3) is 0 Å². The van der Waals surface area contributed by atoms with E-state index >= 15 is 0 Å². The van der Waals surface area contributed by atoms with E-state index in [0.717, 1.165) is 5.56 Å². The summed E-state index contributed by atoms with van der Waals surface area (Å²) in [5.74, 6) is -1.00. The number of nitrogens with one attached hydrogen (secondary N) is 1. The number of carbonyl (C=O) groups is 2. The summed E-state index contributed by atoms with van der Waals surface area (Å²) in [6, 6.07) is 13.7. The maximum Gasteiger partial charge on any atom is 0.256 e. The molecule has 142 valence electrons. The van der Waals surface area contributed by atoms with Gasteiger partial charge < -0.3 is 10.2 Å². The first-order valence-corrected chi connectivity index (χ1v) is 9.18. The third-order valence-electron chi connectivity index (χ3n) is 4.52. The number of halogens is 2. The van der Waals surface area contributed by atoms with Crippen molar-refractivity contribution in [1.82, 2.24) is 15.1 Å². The van der Waals surface area contributed by atoms with Crippen LogP contribution in [0.1, 0.15) is 15.9 Å². The lowest BCUT2D eigenvalue weighted by Gasteiger charge is -2.34. The molecule has 0 aromatic heterocycles. The molecule has 1 fully saturated rings. The quantitative estimate of drug-likeness (QED) is 0.855. The molecule has 0 bridgehead atoms. The number of hydrogen-bond acceptors (Lipinski definition) is 3. The van der Waals surface area contributed by atoms with Gasteiger partial charge >= 0.3 is 0 Å². The van der Waals surface area contributed by atoms with Gasteiger partial charge in [-0.15, -0.1) is 0 Å². The average Bonchev–Trinajstić information content (AvgIpc) is 2.69. The number of nitrogens with zero attached hydrogens (tertiary/aromatic N) is 2. The van der Waals surface area contributed by atoms with Crippen LogP contribution in [0.2, 0.25) is 5.02 Å². The molecule has 27 heavy (non-hydrogen) atoms. The Morgan fingerprint density at radius 3 is 2.44 bits per heavy atom. The van der Waals surface area contributed by atoms with Crippen molar-refractivity contribution in [2.75, 3.05) is 32.7 Å². The van der Waals surface area contributed by atoms with Crippen molar-refractivity contribution in [3.05, 3.63) is 70.5 Å². The lowest BCUT2D eigenvalue weighted by Crippen LogP contribution is -2.51. The fourth-order valence-electron chi connectivity index (χ4n) is 3.00. The molecule has 7 heteroatoms. The minimum Gasteiger partial charge on any atom is -0.351 e. The van der Waals surface area contributed by atoms with Crippen LogP contribution < -0.4 is 5.32 Å². The third-order valence-corrected chi connectivity index (χ3v) is 4.75. The van der Waals surface area contributed by atoms with E-state index in [2.05, 4.69) is 5.32 Å². The molecular formula is C20H21ClFN3O2. The predicted molar refractivity (Wildman–Crippen MR) is 102 cm³/mol. The summed E-state index contributed by atoms with van der Waals surface area (Å²) in [6.07, 6.45) is 0. The molecule has 1 N–H and O–H groups in total. The fraction of sp³-hybridized carbons (Fsp3) is 0.300. The zero-order valence-electron chi connectivity index (χ0n) is 14.8. The normalized spacial score (nSPS) is 14.8. The average molecular weight is 390 g/mol. The summed E-state index contributed by atoms with van der Waals surface area (Å²) in [6.45, 7) is 2.78. The van der Waals surface area contributed by atoms with Gasteiger partial charge in [0, 0.05) is 37.7 Å². The monoisotopic (exact) mass is 389 g/mol. The number of hydrogen-bond donors (Lipinski definition) is 1. The maximum absolute atomic E-state index is 13.9. The van der Waals surface area contributed by atoms with Crippen LogP contribution in [0, 0.1) is 5.82 Å². The van der Waals surface area contributed by atoms with Gasteiger partial charge in [0.1, 0.15) is 5.82 Å². The first-order valence-electron chi connectivity index (χ1n) is 8.80. The molecule has 2 amide bonds. The Labute approximate surface area is 162 Å². The molecule has 2 aromatic rings. The van der Waals surface area contributed by atoms with Crippen molar-refractivity contribution in [2.45, 2.75) is 6.54 Å². The smallest absolute Gasteiger partial charge is 0.256 e. The van der Waals surface area contributed by atoms with Crippen molar-refractivity contribution in [3.8, 4) is 0 Å². The van der Waals surface area contributed by atoms with Crippen molar-refractivity contribution in [2.24, 2.45) is 0 Å². The van der Waals surface area contributed by atoms with Gasteiger partial charge in [-0.3, -0.25) is 14.5 Å². The van der Waals surface area contributed by atoms with Gasteiger partial charge in [-0.1, -0.05) is 41.9 Å². The summed E-state index contributed by atoms with van der Waals surface area (Å²) in [7, 11) is 0. The van der Waals surface area contributed by atoms with Crippen molar-refractivity contribution in [3.63, 3.8) is 0 Å². The highest BCUT2D eigenvalue weighted by Gasteiger charge is 2.25. The second-order valence-electron chi connectivity index (χ2n) is 6.45. The van der Waals surface area contributed by atoms with E-state index in [1.165, 1.54) is 18.2 Å². The molecule has 1 aliphatic heterocycles. The minimum absolute atomic E-state index is 0.0171. The molecular weight excluding hydrogens is 369 g/mol. The molecule has 2 aromatic carbocycles. The van der Waals surface area contributed by atoms with Gasteiger partial charge in [0.15, 0.2) is 0 Å². The van der Waals surface area contributed by atoms with Crippen LogP contribution in [0.4, 0.5) is 4.39 Å². The summed E-state index contributed by atoms with van der Waals surface area (Å²) in [4.78, 5) is 28.2. The number of benzene rings is 2. The molecule has 0 atom stereocenters. The van der Waals surface area contributed by atoms with E-state index in [-0.39, 0.29) is 23.9 Å². The van der Waals surface area contributed by atoms with E-state index in [1.807, 2.05) is 35.2 Å². The second kappa shape index (κ2) is 8.97. The van der Waals surface area contributed by atoms with Crippen LogP contribution in [0.5, 0.6) is 0 Å². The Kier molecular flexibility index (Phi) is 6.42. The van der Waals surface area contributed by atoms with Gasteiger partial charge in [0.25, 0.3) is 5.91 Å². The van der Waals surface area contributed by atoms with Gasteiger partial charge in [-0.2, -0.15) is 0 Å². The van der Waals surface area contributed by atoms with E-state index in [0.29, 0.717) is 37.7 Å². The predicted octanol–water partition coefficient (Wildman–Crippen LogP) is 2.55. The zero-order valence-corrected chi connectivity index (χ0v) is 15.6. The molecule has 1 aliphatic rings. The van der Waals surface area contributed by atoms with E-state index in [1.54, 1.807) is 4.90 Å². The Morgan fingerprint density at radius 2 is 1.74 bits per heavy atom. The van der Waals surface area contributed by atoms with Crippen LogP contribution in [-0.2, 0) is 11.3 Å². The third kappa shape index (κ3) is 5.28. The minimum atomic E-state index is -0.577. The molecule has 1 heterocycles. The highest BCUT2D eigenvalue weighted by atomic mass is 35.5. The van der Waals surface area contributed by atoms with Gasteiger partial charge in [0.05, 0.1) is 12.1 Å². The Morgan fingerprint density at radius 1 is 1.04 bits per heavy atom. The lowest BCUT2D eigenvalue weighted by atomic mass is 10.1. The first-order chi connectivity index (χ1) is 13.0. The summed E-state index contributed by atoms with van der Waals surface area (Å²) < 4.78 is 13.9. The summed E-state index contributed by atoms with van der Waals surface area (Å²) in [5, 5.41) is 3.22. The number of carbonyl (C=O) groups excluding carboxylic acids is 2. The van der Waals surface area contributed by atoms with Crippen LogP contribution in [0.3, 0.4) is 0 Å². The molecule has 3 rings (SSSR count). The standard InChI is InChI=1S/C20H21ClFN3O2/c21-16-6-7-18(22)17(12-16)20(27)25-10-8-24(9-11-25)14-19(26)23-13-15-4-2-1-3-5-15/h1-7,12H,8-11,13-14H2,(H,23,26). The SMILES string of the molecule is O=C(CN1CCN(C(=O)c2cc(Cl)ccc2F)CC1)NCc1ccccc1. The Bertz CT molecular complexity index is 808. The molecule has 0 unspecified atom stereocenters. The molecule has 0 aliphatic carbocycles. The van der Waals surface area contributed by atoms with E-state index in [4.69, 9.17) is 11.6 Å². The van der Waals surface area contributed by atoms with Gasteiger partial charge in [-0.05, 0) is 23.8 Å². The van der Waals surface area contributed by atoms with Crippen molar-refractivity contribution < 1.29 is 14.0 Å².